The molecule has 0 aliphatic carbocycles. The van der Waals surface area contributed by atoms with Gasteiger partial charge in [0.05, 0.1) is 19.8 Å². The number of nitrogens with one attached hydrogen (secondary N) is 1. The average molecular weight is 499 g/mol. The number of carbonyl (C=O) groups is 1. The number of nitrogens with zero attached hydrogens (tertiary/aromatic N) is 5. The van der Waals surface area contributed by atoms with Gasteiger partial charge in [-0.15, -0.1) is 0 Å². The summed E-state index contributed by atoms with van der Waals surface area (Å²) < 4.78 is 4.68. The Labute approximate surface area is 210 Å². The minimum absolute atomic E-state index is 0.0814. The van der Waals surface area contributed by atoms with E-state index in [2.05, 4.69) is 31.8 Å². The Morgan fingerprint density at radius 1 is 1.03 bits per heavy atom. The normalized spacial score (nSPS) is 15.1. The second-order valence-electron chi connectivity index (χ2n) is 8.94. The fourth-order valence-electron chi connectivity index (χ4n) is 4.10. The summed E-state index contributed by atoms with van der Waals surface area (Å²) >= 11 is 12.0. The fraction of sp³-hybridized carbons (Fsp3) is 0.400. The quantitative estimate of drug-likeness (QED) is 0.478. The van der Waals surface area contributed by atoms with Gasteiger partial charge in [0, 0.05) is 42.8 Å². The van der Waals surface area contributed by atoms with E-state index in [4.69, 9.17) is 28.9 Å². The average Bonchev–Trinajstić information content (AvgIpc) is 3.11. The van der Waals surface area contributed by atoms with E-state index in [0.29, 0.717) is 29.6 Å². The third-order valence-electron chi connectivity index (χ3n) is 5.82. The van der Waals surface area contributed by atoms with Crippen molar-refractivity contribution in [2.75, 3.05) is 32.7 Å². The molecule has 0 spiro atoms. The Balaban J connectivity index is 1.49. The van der Waals surface area contributed by atoms with Gasteiger partial charge in [-0.2, -0.15) is 5.10 Å². The third-order valence-corrected chi connectivity index (χ3v) is 6.51. The van der Waals surface area contributed by atoms with Crippen molar-refractivity contribution in [1.82, 2.24) is 29.5 Å². The predicted octanol–water partition coefficient (Wildman–Crippen LogP) is 3.88. The van der Waals surface area contributed by atoms with Gasteiger partial charge in [-0.05, 0) is 55.9 Å². The minimum atomic E-state index is 0.0814. The van der Waals surface area contributed by atoms with Crippen LogP contribution >= 0.6 is 23.8 Å². The molecule has 7 nitrogen and oxygen atoms in total. The van der Waals surface area contributed by atoms with Crippen molar-refractivity contribution < 1.29 is 4.79 Å². The van der Waals surface area contributed by atoms with E-state index in [9.17, 15) is 4.79 Å². The lowest BCUT2D eigenvalue weighted by molar-refractivity contribution is -0.123. The van der Waals surface area contributed by atoms with Gasteiger partial charge in [0.1, 0.15) is 0 Å². The molecule has 0 atom stereocenters. The van der Waals surface area contributed by atoms with E-state index in [0.717, 1.165) is 37.6 Å². The maximum atomic E-state index is 12.1. The van der Waals surface area contributed by atoms with Crippen LogP contribution in [0.4, 0.5) is 0 Å². The molecule has 3 aromatic rings. The number of hydrogen-bond donors (Lipinski definition) is 1. The minimum Gasteiger partial charge on any atom is -0.353 e. The van der Waals surface area contributed by atoms with Crippen LogP contribution in [0.15, 0.2) is 54.6 Å². The molecule has 0 unspecified atom stereocenters. The lowest BCUT2D eigenvalue weighted by Gasteiger charge is -2.34. The molecule has 34 heavy (non-hydrogen) atoms. The van der Waals surface area contributed by atoms with Crippen molar-refractivity contribution in [2.45, 2.75) is 33.1 Å². The summed E-state index contributed by atoms with van der Waals surface area (Å²) in [5.41, 5.74) is 2.15. The van der Waals surface area contributed by atoms with E-state index in [1.807, 2.05) is 61.0 Å². The molecule has 1 saturated heterocycles. The molecule has 1 amide bonds. The molecule has 1 aromatic heterocycles. The first-order valence-electron chi connectivity index (χ1n) is 11.6. The van der Waals surface area contributed by atoms with Crippen LogP contribution < -0.4 is 5.32 Å². The lowest BCUT2D eigenvalue weighted by atomic mass is 10.2. The highest BCUT2D eigenvalue weighted by molar-refractivity contribution is 7.71. The molecule has 0 radical (unpaired) electrons. The van der Waals surface area contributed by atoms with Crippen LogP contribution in [0, 0.1) is 4.77 Å². The molecule has 180 valence electrons. The molecule has 1 aliphatic heterocycles. The maximum Gasteiger partial charge on any atom is 0.234 e. The molecule has 9 heteroatoms. The van der Waals surface area contributed by atoms with E-state index in [-0.39, 0.29) is 11.9 Å². The van der Waals surface area contributed by atoms with Crippen LogP contribution in [0.5, 0.6) is 0 Å². The summed E-state index contributed by atoms with van der Waals surface area (Å²) in [6.07, 6.45) is 0. The molecule has 4 rings (SSSR count). The first-order chi connectivity index (χ1) is 16.4. The van der Waals surface area contributed by atoms with Gasteiger partial charge < -0.3 is 5.32 Å². The zero-order valence-electron chi connectivity index (χ0n) is 19.7. The summed E-state index contributed by atoms with van der Waals surface area (Å²) in [5.74, 6) is 0.910. The van der Waals surface area contributed by atoms with E-state index < -0.39 is 0 Å². The number of piperazine rings is 1. The van der Waals surface area contributed by atoms with E-state index in [1.165, 1.54) is 5.56 Å². The van der Waals surface area contributed by atoms with Gasteiger partial charge in [0.2, 0.25) is 5.91 Å². The second-order valence-corrected chi connectivity index (χ2v) is 9.74. The van der Waals surface area contributed by atoms with Crippen LogP contribution in [0.2, 0.25) is 5.02 Å². The van der Waals surface area contributed by atoms with Crippen molar-refractivity contribution in [2.24, 2.45) is 0 Å². The third kappa shape index (κ3) is 6.33. The number of rotatable bonds is 8. The largest absolute Gasteiger partial charge is 0.353 e. The number of benzene rings is 2. The zero-order chi connectivity index (χ0) is 24.1. The van der Waals surface area contributed by atoms with Crippen molar-refractivity contribution in [3.05, 3.63) is 70.0 Å². The number of halogens is 1. The molecule has 0 saturated carbocycles. The number of carbonyl (C=O) groups excluding carboxylic acids is 1. The Morgan fingerprint density at radius 3 is 2.32 bits per heavy atom. The van der Waals surface area contributed by atoms with Gasteiger partial charge in [-0.25, -0.2) is 4.68 Å². The van der Waals surface area contributed by atoms with E-state index in [1.54, 1.807) is 0 Å². The Hall–Kier alpha value is -2.52. The predicted molar refractivity (Wildman–Crippen MR) is 138 cm³/mol. The van der Waals surface area contributed by atoms with Crippen LogP contribution in [0.25, 0.3) is 11.4 Å². The highest BCUT2D eigenvalue weighted by Gasteiger charge is 2.21. The summed E-state index contributed by atoms with van der Waals surface area (Å²) in [7, 11) is 0. The van der Waals surface area contributed by atoms with Crippen LogP contribution in [-0.4, -0.2) is 68.8 Å². The summed E-state index contributed by atoms with van der Waals surface area (Å²) in [4.78, 5) is 16.6. The SMILES string of the molecule is CC(C)NC(=O)CN1CCN(Cn2nc(-c3ccc(Cl)cc3)n(Cc3ccccc3)c2=S)CC1. The standard InChI is InChI=1S/C25H31ClN6OS/c1-19(2)27-23(33)17-29-12-14-30(15-13-29)18-32-25(34)31(16-20-6-4-3-5-7-20)24(28-32)21-8-10-22(26)11-9-21/h3-11,19H,12-18H2,1-2H3,(H,27,33). The number of hydrogen-bond acceptors (Lipinski definition) is 5. The fourth-order valence-corrected chi connectivity index (χ4v) is 4.48. The number of aromatic nitrogens is 3. The van der Waals surface area contributed by atoms with Gasteiger partial charge in [-0.3, -0.25) is 19.2 Å². The van der Waals surface area contributed by atoms with Crippen LogP contribution in [0.3, 0.4) is 0 Å². The van der Waals surface area contributed by atoms with Crippen LogP contribution in [-0.2, 0) is 18.0 Å². The van der Waals surface area contributed by atoms with Crippen molar-refractivity contribution >= 4 is 29.7 Å². The molecule has 1 aliphatic rings. The summed E-state index contributed by atoms with van der Waals surface area (Å²) in [5, 5.41) is 8.57. The van der Waals surface area contributed by atoms with Gasteiger partial charge in [-0.1, -0.05) is 41.9 Å². The van der Waals surface area contributed by atoms with Crippen molar-refractivity contribution in [3.8, 4) is 11.4 Å². The van der Waals surface area contributed by atoms with E-state index >= 15 is 0 Å². The molecule has 0 bridgehead atoms. The topological polar surface area (TPSA) is 58.3 Å². The molecular formula is C25H31ClN6OS. The van der Waals surface area contributed by atoms with Gasteiger partial charge in [0.25, 0.3) is 0 Å². The first-order valence-corrected chi connectivity index (χ1v) is 12.4. The van der Waals surface area contributed by atoms with Gasteiger partial charge in [0.15, 0.2) is 10.6 Å². The molecule has 2 heterocycles. The maximum absolute atomic E-state index is 12.1. The first kappa shape index (κ1) is 24.6. The molecular weight excluding hydrogens is 468 g/mol. The van der Waals surface area contributed by atoms with Crippen LogP contribution in [0.1, 0.15) is 19.4 Å². The Kier molecular flexibility index (Phi) is 8.15. The van der Waals surface area contributed by atoms with Crippen molar-refractivity contribution in [3.63, 3.8) is 0 Å². The highest BCUT2D eigenvalue weighted by atomic mass is 35.5. The highest BCUT2D eigenvalue weighted by Crippen LogP contribution is 2.22. The second kappa shape index (κ2) is 11.3. The molecule has 2 aromatic carbocycles. The van der Waals surface area contributed by atoms with Crippen molar-refractivity contribution in [1.29, 1.82) is 0 Å². The zero-order valence-corrected chi connectivity index (χ0v) is 21.2. The monoisotopic (exact) mass is 498 g/mol. The summed E-state index contributed by atoms with van der Waals surface area (Å²) in [6.45, 7) is 9.07. The lowest BCUT2D eigenvalue weighted by Crippen LogP contribution is -2.50. The number of amides is 1. The molecule has 1 N–H and O–H groups in total. The smallest absolute Gasteiger partial charge is 0.234 e. The Bertz CT molecular complexity index is 1150. The molecule has 1 fully saturated rings. The Morgan fingerprint density at radius 2 is 1.68 bits per heavy atom. The summed E-state index contributed by atoms with van der Waals surface area (Å²) in [6, 6.07) is 18.1. The van der Waals surface area contributed by atoms with Gasteiger partial charge >= 0.3 is 0 Å².